The van der Waals surface area contributed by atoms with Crippen LogP contribution in [-0.2, 0) is 4.57 Å². The van der Waals surface area contributed by atoms with Crippen LogP contribution in [0.25, 0.3) is 0 Å². The van der Waals surface area contributed by atoms with E-state index < -0.39 is 19.3 Å². The number of nitrogens with zero attached hydrogens (tertiary/aromatic N) is 2. The molecule has 7 N–H and O–H groups in total. The molecule has 0 fully saturated rings. The van der Waals surface area contributed by atoms with Crippen LogP contribution >= 0.6 is 7.60 Å². The van der Waals surface area contributed by atoms with Crippen molar-refractivity contribution in [1.82, 2.24) is 9.97 Å². The molecule has 1 unspecified atom stereocenters. The number of aromatic nitrogens is 2. The van der Waals surface area contributed by atoms with Crippen molar-refractivity contribution in [2.24, 2.45) is 0 Å². The summed E-state index contributed by atoms with van der Waals surface area (Å²) in [7, 11) is -4.31. The molecule has 2 rings (SSSR count). The highest BCUT2D eigenvalue weighted by atomic mass is 31.2. The summed E-state index contributed by atoms with van der Waals surface area (Å²) >= 11 is 0. The van der Waals surface area contributed by atoms with Crippen molar-refractivity contribution in [1.29, 1.82) is 0 Å². The zero-order valence-corrected chi connectivity index (χ0v) is 11.1. The third kappa shape index (κ3) is 3.36. The van der Waals surface area contributed by atoms with E-state index in [4.69, 9.17) is 15.5 Å². The number of anilines is 3. The molecule has 1 aromatic heterocycles. The molecule has 1 aliphatic heterocycles. The summed E-state index contributed by atoms with van der Waals surface area (Å²) in [4.78, 5) is 36.7. The Labute approximate surface area is 113 Å². The summed E-state index contributed by atoms with van der Waals surface area (Å²) in [6.45, 7) is 0.238. The normalized spacial score (nSPS) is 16.2. The summed E-state index contributed by atoms with van der Waals surface area (Å²) in [6, 6.07) is 0. The highest BCUT2D eigenvalue weighted by Gasteiger charge is 2.25. The van der Waals surface area contributed by atoms with Gasteiger partial charge in [0.2, 0.25) is 5.95 Å². The lowest BCUT2D eigenvalue weighted by Crippen LogP contribution is -2.31. The Bertz CT molecular complexity index is 638. The van der Waals surface area contributed by atoms with Gasteiger partial charge in [0.1, 0.15) is 5.69 Å². The number of aliphatic hydroxyl groups excluding tert-OH is 1. The fourth-order valence-electron chi connectivity index (χ4n) is 1.76. The van der Waals surface area contributed by atoms with Gasteiger partial charge in [-0.1, -0.05) is 0 Å². The topological polar surface area (TPSA) is 165 Å². The van der Waals surface area contributed by atoms with Crippen LogP contribution in [0.3, 0.4) is 0 Å². The van der Waals surface area contributed by atoms with Crippen LogP contribution in [0.2, 0.25) is 0 Å². The van der Waals surface area contributed by atoms with Crippen molar-refractivity contribution in [3.8, 4) is 0 Å². The molecule has 1 aromatic rings. The Morgan fingerprint density at radius 1 is 1.55 bits per heavy atom. The van der Waals surface area contributed by atoms with Gasteiger partial charge in [0, 0.05) is 5.82 Å². The van der Waals surface area contributed by atoms with Crippen molar-refractivity contribution in [2.45, 2.75) is 6.10 Å². The number of β-amino-alcohol motifs (C(OH)–C–C–N with tert-alkyl or cyclic N) is 1. The first kappa shape index (κ1) is 14.5. The summed E-state index contributed by atoms with van der Waals surface area (Å²) < 4.78 is 10.7. The van der Waals surface area contributed by atoms with Crippen LogP contribution < -0.4 is 21.5 Å². The SMILES string of the molecule is Nc1nc2c(c(=O)[nH]1)NCN2CC(O)C=CP(=O)(O)O. The number of nitrogens with two attached hydrogens (primary N) is 1. The van der Waals surface area contributed by atoms with E-state index in [2.05, 4.69) is 15.3 Å². The van der Waals surface area contributed by atoms with Crippen molar-refractivity contribution in [3.05, 3.63) is 22.2 Å². The molecule has 110 valence electrons. The predicted octanol–water partition coefficient (Wildman–Crippen LogP) is -1.41. The van der Waals surface area contributed by atoms with Gasteiger partial charge in [-0.2, -0.15) is 4.98 Å². The molecule has 2 heterocycles. The largest absolute Gasteiger partial charge is 0.387 e. The van der Waals surface area contributed by atoms with Crippen molar-refractivity contribution in [2.75, 3.05) is 29.2 Å². The van der Waals surface area contributed by atoms with E-state index in [1.165, 1.54) is 4.90 Å². The van der Waals surface area contributed by atoms with E-state index in [0.29, 0.717) is 5.82 Å². The average Bonchev–Trinajstić information content (AvgIpc) is 2.69. The van der Waals surface area contributed by atoms with E-state index in [1.54, 1.807) is 0 Å². The minimum absolute atomic E-state index is 0.00634. The highest BCUT2D eigenvalue weighted by molar-refractivity contribution is 7.55. The lowest BCUT2D eigenvalue weighted by atomic mass is 10.3. The minimum atomic E-state index is -4.31. The molecule has 1 atom stereocenters. The summed E-state index contributed by atoms with van der Waals surface area (Å²) in [5, 5.41) is 12.5. The number of rotatable bonds is 4. The van der Waals surface area contributed by atoms with Gasteiger partial charge in [0.25, 0.3) is 5.56 Å². The predicted molar refractivity (Wildman–Crippen MR) is 72.3 cm³/mol. The molecule has 0 bridgehead atoms. The minimum Gasteiger partial charge on any atom is -0.387 e. The average molecular weight is 303 g/mol. The van der Waals surface area contributed by atoms with Gasteiger partial charge in [-0.3, -0.25) is 14.3 Å². The van der Waals surface area contributed by atoms with Crippen molar-refractivity contribution >= 4 is 25.0 Å². The Balaban J connectivity index is 2.13. The van der Waals surface area contributed by atoms with Crippen LogP contribution in [-0.4, -0.2) is 44.2 Å². The second-order valence-electron chi connectivity index (χ2n) is 4.21. The van der Waals surface area contributed by atoms with E-state index in [1.807, 2.05) is 0 Å². The third-order valence-electron chi connectivity index (χ3n) is 2.57. The molecule has 1 aliphatic rings. The van der Waals surface area contributed by atoms with Gasteiger partial charge < -0.3 is 30.8 Å². The van der Waals surface area contributed by atoms with Gasteiger partial charge in [0.15, 0.2) is 5.82 Å². The van der Waals surface area contributed by atoms with Crippen LogP contribution in [0.5, 0.6) is 0 Å². The van der Waals surface area contributed by atoms with Crippen LogP contribution in [0.1, 0.15) is 0 Å². The monoisotopic (exact) mass is 303 g/mol. The van der Waals surface area contributed by atoms with E-state index >= 15 is 0 Å². The lowest BCUT2D eigenvalue weighted by molar-refractivity contribution is 0.228. The first-order chi connectivity index (χ1) is 9.26. The molecule has 0 saturated heterocycles. The fraction of sp³-hybridized carbons (Fsp3) is 0.333. The number of aliphatic hydroxyl groups is 1. The number of hydrogen-bond donors (Lipinski definition) is 6. The number of nitrogens with one attached hydrogen (secondary N) is 2. The number of hydrogen-bond acceptors (Lipinski definition) is 7. The van der Waals surface area contributed by atoms with Gasteiger partial charge in [0.05, 0.1) is 19.3 Å². The Hall–Kier alpha value is -1.87. The first-order valence-corrected chi connectivity index (χ1v) is 7.26. The third-order valence-corrected chi connectivity index (χ3v) is 3.14. The Morgan fingerprint density at radius 3 is 2.90 bits per heavy atom. The first-order valence-electron chi connectivity index (χ1n) is 5.57. The maximum atomic E-state index is 11.6. The lowest BCUT2D eigenvalue weighted by Gasteiger charge is -2.19. The summed E-state index contributed by atoms with van der Waals surface area (Å²) in [5.74, 6) is 0.861. The Kier molecular flexibility index (Phi) is 3.82. The van der Waals surface area contributed by atoms with Crippen molar-refractivity contribution in [3.63, 3.8) is 0 Å². The molecule has 0 spiro atoms. The van der Waals surface area contributed by atoms with E-state index in [9.17, 15) is 14.5 Å². The zero-order chi connectivity index (χ0) is 14.9. The van der Waals surface area contributed by atoms with E-state index in [-0.39, 0.29) is 30.7 Å². The second kappa shape index (κ2) is 5.25. The Morgan fingerprint density at radius 2 is 2.25 bits per heavy atom. The summed E-state index contributed by atoms with van der Waals surface area (Å²) in [5.41, 5.74) is 5.26. The smallest absolute Gasteiger partial charge is 0.348 e. The van der Waals surface area contributed by atoms with Gasteiger partial charge in [-0.15, -0.1) is 0 Å². The second-order valence-corrected chi connectivity index (χ2v) is 5.68. The molecule has 10 nitrogen and oxygen atoms in total. The number of fused-ring (bicyclic) bond motifs is 1. The molecule has 0 radical (unpaired) electrons. The van der Waals surface area contributed by atoms with Crippen molar-refractivity contribution < 1.29 is 19.5 Å². The highest BCUT2D eigenvalue weighted by Crippen LogP contribution is 2.36. The molecule has 20 heavy (non-hydrogen) atoms. The maximum absolute atomic E-state index is 11.6. The maximum Gasteiger partial charge on any atom is 0.348 e. The molecule has 0 aliphatic carbocycles. The molecular weight excluding hydrogens is 289 g/mol. The van der Waals surface area contributed by atoms with Crippen LogP contribution in [0, 0.1) is 0 Å². The van der Waals surface area contributed by atoms with E-state index in [0.717, 1.165) is 6.08 Å². The molecule has 0 aromatic carbocycles. The zero-order valence-electron chi connectivity index (χ0n) is 10.2. The molecular formula is C9H14N5O5P. The number of nitrogen functional groups attached to an aromatic ring is 1. The molecule has 0 saturated carbocycles. The molecule has 11 heteroatoms. The van der Waals surface area contributed by atoms with Gasteiger partial charge in [-0.05, 0) is 6.08 Å². The quantitative estimate of drug-likeness (QED) is 0.366. The van der Waals surface area contributed by atoms with Crippen LogP contribution in [0.4, 0.5) is 17.5 Å². The van der Waals surface area contributed by atoms with Gasteiger partial charge in [-0.25, -0.2) is 0 Å². The standard InChI is InChI=1S/C9H14N5O5P/c10-9-12-7-6(8(16)13-9)11-4-14(7)3-5(15)1-2-20(17,18)19/h1-2,5,11,15H,3-4H2,(H2,17,18,19)(H3,10,12,13,16). The number of H-pyrrole nitrogens is 1. The summed E-state index contributed by atoms with van der Waals surface area (Å²) in [6.07, 6.45) is -0.132. The van der Waals surface area contributed by atoms with Crippen LogP contribution in [0.15, 0.2) is 16.7 Å². The molecule has 0 amide bonds. The van der Waals surface area contributed by atoms with Gasteiger partial charge >= 0.3 is 7.60 Å². The fourth-order valence-corrected chi connectivity index (χ4v) is 2.19. The number of aromatic amines is 1.